The van der Waals surface area contributed by atoms with Crippen molar-refractivity contribution in [3.63, 3.8) is 0 Å². The molecule has 204 valence electrons. The van der Waals surface area contributed by atoms with E-state index in [0.29, 0.717) is 61.2 Å². The summed E-state index contributed by atoms with van der Waals surface area (Å²) in [6.45, 7) is 2.85. The Hall–Kier alpha value is -3.56. The predicted octanol–water partition coefficient (Wildman–Crippen LogP) is 3.96. The SMILES string of the molecule is CN=C/C(=C\N)c1cc2c(cc1C(F)F)N(C(=N)C1=C(NC3CCC(=O)CC3)CCN(C(C)=O)C1)CCC2. The zero-order chi connectivity index (χ0) is 27.4. The molecule has 0 radical (unpaired) electrons. The zero-order valence-electron chi connectivity index (χ0n) is 22.0. The van der Waals surface area contributed by atoms with Gasteiger partial charge in [-0.2, -0.15) is 0 Å². The molecule has 0 aromatic heterocycles. The Kier molecular flexibility index (Phi) is 8.58. The molecule has 0 saturated heterocycles. The number of amides is 1. The maximum absolute atomic E-state index is 14.2. The number of Topliss-reactive ketones (excluding diaryl/α,β-unsaturated/α-hetero) is 1. The van der Waals surface area contributed by atoms with Gasteiger partial charge < -0.3 is 20.9 Å². The van der Waals surface area contributed by atoms with Gasteiger partial charge in [-0.1, -0.05) is 0 Å². The number of amidine groups is 1. The largest absolute Gasteiger partial charge is 0.404 e. The van der Waals surface area contributed by atoms with Crippen LogP contribution in [0.15, 0.2) is 34.6 Å². The number of nitrogens with zero attached hydrogens (tertiary/aromatic N) is 3. The molecule has 1 aromatic rings. The average Bonchev–Trinajstić information content (AvgIpc) is 2.91. The Morgan fingerprint density at radius 3 is 2.58 bits per heavy atom. The Balaban J connectivity index is 1.72. The van der Waals surface area contributed by atoms with Crippen LogP contribution in [0.4, 0.5) is 14.5 Å². The molecule has 1 saturated carbocycles. The van der Waals surface area contributed by atoms with E-state index in [4.69, 9.17) is 5.73 Å². The smallest absolute Gasteiger partial charge is 0.264 e. The van der Waals surface area contributed by atoms with Gasteiger partial charge in [-0.05, 0) is 48.9 Å². The lowest BCUT2D eigenvalue weighted by atomic mass is 9.91. The second kappa shape index (κ2) is 11.9. The van der Waals surface area contributed by atoms with Crippen molar-refractivity contribution in [2.45, 2.75) is 64.3 Å². The molecular formula is C28H36F2N6O2. The first kappa shape index (κ1) is 27.5. The van der Waals surface area contributed by atoms with Gasteiger partial charge in [0, 0.05) is 92.9 Å². The van der Waals surface area contributed by atoms with Crippen LogP contribution in [0.3, 0.4) is 0 Å². The van der Waals surface area contributed by atoms with Crippen LogP contribution in [-0.4, -0.2) is 61.4 Å². The summed E-state index contributed by atoms with van der Waals surface area (Å²) in [6.07, 6.45) is 4.59. The maximum Gasteiger partial charge on any atom is 0.264 e. The molecule has 4 rings (SSSR count). The van der Waals surface area contributed by atoms with Crippen molar-refractivity contribution in [2.75, 3.05) is 31.6 Å². The van der Waals surface area contributed by atoms with Gasteiger partial charge in [-0.3, -0.25) is 20.0 Å². The third kappa shape index (κ3) is 5.79. The Labute approximate surface area is 222 Å². The van der Waals surface area contributed by atoms with Gasteiger partial charge in [0.2, 0.25) is 5.91 Å². The van der Waals surface area contributed by atoms with Crippen molar-refractivity contribution in [3.8, 4) is 0 Å². The van der Waals surface area contributed by atoms with Gasteiger partial charge >= 0.3 is 0 Å². The first-order valence-electron chi connectivity index (χ1n) is 13.1. The van der Waals surface area contributed by atoms with E-state index in [1.807, 2.05) is 0 Å². The summed E-state index contributed by atoms with van der Waals surface area (Å²) in [5, 5.41) is 12.8. The average molecular weight is 527 g/mol. The second-order valence-corrected chi connectivity index (χ2v) is 10.1. The van der Waals surface area contributed by atoms with Crippen molar-refractivity contribution in [1.82, 2.24) is 10.2 Å². The Morgan fingerprint density at radius 1 is 1.21 bits per heavy atom. The molecular weight excluding hydrogens is 490 g/mol. The van der Waals surface area contributed by atoms with E-state index in [-0.39, 0.29) is 35.7 Å². The number of allylic oxidation sites excluding steroid dienone is 1. The first-order chi connectivity index (χ1) is 18.2. The summed E-state index contributed by atoms with van der Waals surface area (Å²) in [6, 6.07) is 3.35. The Morgan fingerprint density at radius 2 is 1.95 bits per heavy atom. The summed E-state index contributed by atoms with van der Waals surface area (Å²) in [4.78, 5) is 31.4. The third-order valence-electron chi connectivity index (χ3n) is 7.63. The summed E-state index contributed by atoms with van der Waals surface area (Å²) < 4.78 is 28.5. The number of anilines is 1. The van der Waals surface area contributed by atoms with Crippen molar-refractivity contribution in [3.05, 3.63) is 46.3 Å². The number of aryl methyl sites for hydroxylation is 1. The summed E-state index contributed by atoms with van der Waals surface area (Å²) in [5.41, 5.74) is 9.38. The molecule has 0 bridgehead atoms. The molecule has 1 aromatic carbocycles. The number of carbonyl (C=O) groups is 2. The van der Waals surface area contributed by atoms with Gasteiger partial charge in [0.15, 0.2) is 0 Å². The normalized spacial score (nSPS) is 19.4. The number of carbonyl (C=O) groups excluding carboxylic acids is 2. The minimum atomic E-state index is -2.73. The van der Waals surface area contributed by atoms with Crippen LogP contribution < -0.4 is 16.0 Å². The lowest BCUT2D eigenvalue weighted by Crippen LogP contribution is -2.46. The Bertz CT molecular complexity index is 1200. The fraction of sp³-hybridized carbons (Fsp3) is 0.500. The van der Waals surface area contributed by atoms with Crippen LogP contribution in [0, 0.1) is 5.41 Å². The molecule has 1 amide bonds. The van der Waals surface area contributed by atoms with Gasteiger partial charge in [-0.15, -0.1) is 0 Å². The van der Waals surface area contributed by atoms with Crippen LogP contribution in [-0.2, 0) is 16.0 Å². The summed E-state index contributed by atoms with van der Waals surface area (Å²) in [7, 11) is 1.56. The van der Waals surface area contributed by atoms with E-state index in [1.54, 1.807) is 22.9 Å². The van der Waals surface area contributed by atoms with Crippen molar-refractivity contribution in [2.24, 2.45) is 10.7 Å². The second-order valence-electron chi connectivity index (χ2n) is 10.1. The number of alkyl halides is 2. The quantitative estimate of drug-likeness (QED) is 0.383. The third-order valence-corrected chi connectivity index (χ3v) is 7.63. The minimum Gasteiger partial charge on any atom is -0.404 e. The van der Waals surface area contributed by atoms with Crippen molar-refractivity contribution >= 4 is 35.0 Å². The van der Waals surface area contributed by atoms with Crippen molar-refractivity contribution in [1.29, 1.82) is 5.41 Å². The number of hydrogen-bond donors (Lipinski definition) is 3. The number of ketones is 1. The van der Waals surface area contributed by atoms with Crippen molar-refractivity contribution < 1.29 is 18.4 Å². The highest BCUT2D eigenvalue weighted by Crippen LogP contribution is 2.38. The van der Waals surface area contributed by atoms with E-state index in [2.05, 4.69) is 10.3 Å². The number of nitrogens with one attached hydrogen (secondary N) is 2. The van der Waals surface area contributed by atoms with E-state index in [1.165, 1.54) is 25.4 Å². The lowest BCUT2D eigenvalue weighted by Gasteiger charge is -2.38. The van der Waals surface area contributed by atoms with E-state index in [0.717, 1.165) is 30.5 Å². The molecule has 1 fully saturated rings. The number of aliphatic imine (C=N–C) groups is 1. The van der Waals surface area contributed by atoms with Gasteiger partial charge in [-0.25, -0.2) is 8.78 Å². The number of nitrogens with two attached hydrogens (primary N) is 1. The van der Waals surface area contributed by atoms with E-state index in [9.17, 15) is 23.8 Å². The van der Waals surface area contributed by atoms with E-state index < -0.39 is 6.43 Å². The van der Waals surface area contributed by atoms with E-state index >= 15 is 0 Å². The first-order valence-corrected chi connectivity index (χ1v) is 13.1. The fourth-order valence-electron chi connectivity index (χ4n) is 5.56. The molecule has 2 aliphatic heterocycles. The standard InChI is InChI=1S/C28H36F2N6O2/c1-17(37)35-11-9-25(34-20-5-7-21(38)8-6-20)24(16-35)28(32)36-10-3-4-18-12-22(19(14-31)15-33-2)23(27(29)30)13-26(18)36/h12-15,20,27,32,34H,3-11,16,31H2,1-2H3/b19-14+,32-28?,33-15?. The highest BCUT2D eigenvalue weighted by molar-refractivity contribution is 6.12. The highest BCUT2D eigenvalue weighted by atomic mass is 19.3. The highest BCUT2D eigenvalue weighted by Gasteiger charge is 2.31. The minimum absolute atomic E-state index is 0.0695. The lowest BCUT2D eigenvalue weighted by molar-refractivity contribution is -0.128. The van der Waals surface area contributed by atoms with Crippen LogP contribution in [0.2, 0.25) is 0 Å². The summed E-state index contributed by atoms with van der Waals surface area (Å²) >= 11 is 0. The maximum atomic E-state index is 14.2. The molecule has 4 N–H and O–H groups in total. The zero-order valence-corrected chi connectivity index (χ0v) is 22.0. The number of fused-ring (bicyclic) bond motifs is 1. The van der Waals surface area contributed by atoms with Crippen LogP contribution in [0.5, 0.6) is 0 Å². The van der Waals surface area contributed by atoms with Gasteiger partial charge in [0.1, 0.15) is 11.6 Å². The van der Waals surface area contributed by atoms with Crippen LogP contribution in [0.25, 0.3) is 5.57 Å². The molecule has 2 heterocycles. The number of rotatable bonds is 6. The molecule has 3 aliphatic rings. The molecule has 8 nitrogen and oxygen atoms in total. The number of hydrogen-bond acceptors (Lipinski definition) is 6. The molecule has 38 heavy (non-hydrogen) atoms. The van der Waals surface area contributed by atoms with Crippen LogP contribution in [0.1, 0.15) is 68.6 Å². The van der Waals surface area contributed by atoms with Crippen LogP contribution >= 0.6 is 0 Å². The monoisotopic (exact) mass is 526 g/mol. The topological polar surface area (TPSA) is 115 Å². The molecule has 0 atom stereocenters. The number of benzene rings is 1. The molecule has 1 aliphatic carbocycles. The fourth-order valence-corrected chi connectivity index (χ4v) is 5.56. The molecule has 10 heteroatoms. The van der Waals surface area contributed by atoms with Gasteiger partial charge in [0.05, 0.1) is 6.54 Å². The number of halogens is 2. The summed E-state index contributed by atoms with van der Waals surface area (Å²) in [5.74, 6) is 0.414. The van der Waals surface area contributed by atoms with Gasteiger partial charge in [0.25, 0.3) is 6.43 Å². The molecule has 0 unspecified atom stereocenters. The predicted molar refractivity (Wildman–Crippen MR) is 146 cm³/mol. The molecule has 0 spiro atoms.